The number of aryl methyl sites for hydroxylation is 1. The SMILES string of the molecule is C/C=N\NC(=O)COc1ccc(Cl)cc1C. The first-order valence-electron chi connectivity index (χ1n) is 4.79. The van der Waals surface area contributed by atoms with Crippen LogP contribution in [0.3, 0.4) is 0 Å². The number of benzene rings is 1. The first-order valence-corrected chi connectivity index (χ1v) is 5.16. The van der Waals surface area contributed by atoms with Crippen LogP contribution in [0, 0.1) is 6.92 Å². The van der Waals surface area contributed by atoms with Crippen molar-refractivity contribution >= 4 is 23.7 Å². The van der Waals surface area contributed by atoms with Gasteiger partial charge in [-0.3, -0.25) is 4.79 Å². The van der Waals surface area contributed by atoms with Gasteiger partial charge in [0.25, 0.3) is 5.91 Å². The smallest absolute Gasteiger partial charge is 0.277 e. The van der Waals surface area contributed by atoms with Crippen LogP contribution in [-0.4, -0.2) is 18.7 Å². The number of ether oxygens (including phenoxy) is 1. The van der Waals surface area contributed by atoms with Crippen LogP contribution in [0.4, 0.5) is 0 Å². The molecule has 1 N–H and O–H groups in total. The van der Waals surface area contributed by atoms with Crippen molar-refractivity contribution in [1.82, 2.24) is 5.43 Å². The van der Waals surface area contributed by atoms with Crippen LogP contribution in [0.25, 0.3) is 0 Å². The van der Waals surface area contributed by atoms with E-state index in [0.717, 1.165) is 5.56 Å². The molecular weight excluding hydrogens is 228 g/mol. The van der Waals surface area contributed by atoms with Gasteiger partial charge in [-0.1, -0.05) is 11.6 Å². The molecule has 0 saturated heterocycles. The quantitative estimate of drug-likeness (QED) is 0.648. The van der Waals surface area contributed by atoms with Gasteiger partial charge in [-0.15, -0.1) is 0 Å². The Hall–Kier alpha value is -1.55. The maximum Gasteiger partial charge on any atom is 0.277 e. The average molecular weight is 241 g/mol. The number of hydrazone groups is 1. The van der Waals surface area contributed by atoms with Crippen molar-refractivity contribution in [2.45, 2.75) is 13.8 Å². The Morgan fingerprint density at radius 1 is 1.62 bits per heavy atom. The van der Waals surface area contributed by atoms with Crippen LogP contribution >= 0.6 is 11.6 Å². The predicted octanol–water partition coefficient (Wildman–Crippen LogP) is 2.15. The molecule has 0 spiro atoms. The van der Waals surface area contributed by atoms with E-state index in [1.807, 2.05) is 6.92 Å². The third-order valence-corrected chi connectivity index (χ3v) is 2.05. The second kappa shape index (κ2) is 6.12. The number of rotatable bonds is 4. The van der Waals surface area contributed by atoms with Crippen LogP contribution in [0.5, 0.6) is 5.75 Å². The highest BCUT2D eigenvalue weighted by atomic mass is 35.5. The number of hydrogen-bond acceptors (Lipinski definition) is 3. The van der Waals surface area contributed by atoms with Gasteiger partial charge in [-0.25, -0.2) is 5.43 Å². The van der Waals surface area contributed by atoms with Gasteiger partial charge in [0.05, 0.1) is 0 Å². The number of carbonyl (C=O) groups is 1. The summed E-state index contributed by atoms with van der Waals surface area (Å²) in [4.78, 5) is 11.2. The molecule has 0 saturated carbocycles. The minimum atomic E-state index is -0.299. The number of amides is 1. The largest absolute Gasteiger partial charge is 0.483 e. The Bertz CT molecular complexity index is 405. The fraction of sp³-hybridized carbons (Fsp3) is 0.273. The summed E-state index contributed by atoms with van der Waals surface area (Å²) in [6, 6.07) is 5.22. The van der Waals surface area contributed by atoms with E-state index in [-0.39, 0.29) is 12.5 Å². The Kier molecular flexibility index (Phi) is 4.79. The summed E-state index contributed by atoms with van der Waals surface area (Å²) in [5.74, 6) is 0.340. The maximum absolute atomic E-state index is 11.2. The molecule has 0 aliphatic rings. The van der Waals surface area contributed by atoms with E-state index in [1.165, 1.54) is 6.21 Å². The molecule has 0 heterocycles. The number of carbonyl (C=O) groups excluding carboxylic acids is 1. The van der Waals surface area contributed by atoms with Crippen molar-refractivity contribution in [3.63, 3.8) is 0 Å². The molecule has 86 valence electrons. The molecule has 0 aromatic heterocycles. The summed E-state index contributed by atoms with van der Waals surface area (Å²) >= 11 is 5.79. The third kappa shape index (κ3) is 3.90. The lowest BCUT2D eigenvalue weighted by atomic mass is 10.2. The van der Waals surface area contributed by atoms with Crippen molar-refractivity contribution in [2.24, 2.45) is 5.10 Å². The molecular formula is C11H13ClN2O2. The Morgan fingerprint density at radius 2 is 2.38 bits per heavy atom. The lowest BCUT2D eigenvalue weighted by molar-refractivity contribution is -0.123. The van der Waals surface area contributed by atoms with E-state index >= 15 is 0 Å². The van der Waals surface area contributed by atoms with E-state index in [4.69, 9.17) is 16.3 Å². The monoisotopic (exact) mass is 240 g/mol. The third-order valence-electron chi connectivity index (χ3n) is 1.81. The van der Waals surface area contributed by atoms with Gasteiger partial charge >= 0.3 is 0 Å². The zero-order valence-corrected chi connectivity index (χ0v) is 9.91. The molecule has 1 aromatic carbocycles. The minimum absolute atomic E-state index is 0.0696. The van der Waals surface area contributed by atoms with E-state index in [1.54, 1.807) is 25.1 Å². The van der Waals surface area contributed by atoms with Crippen molar-refractivity contribution in [1.29, 1.82) is 0 Å². The van der Waals surface area contributed by atoms with Crippen molar-refractivity contribution in [3.05, 3.63) is 28.8 Å². The van der Waals surface area contributed by atoms with Crippen LogP contribution in [0.1, 0.15) is 12.5 Å². The van der Waals surface area contributed by atoms with E-state index in [2.05, 4.69) is 10.5 Å². The Labute approximate surface area is 99.2 Å². The first-order chi connectivity index (χ1) is 7.63. The normalized spacial score (nSPS) is 10.4. The van der Waals surface area contributed by atoms with Crippen molar-refractivity contribution < 1.29 is 9.53 Å². The standard InChI is InChI=1S/C11H13ClN2O2/c1-3-13-14-11(15)7-16-10-5-4-9(12)6-8(10)2/h3-6H,7H2,1-2H3,(H,14,15)/b13-3-. The zero-order chi connectivity index (χ0) is 12.0. The molecule has 16 heavy (non-hydrogen) atoms. The van der Waals surface area contributed by atoms with Crippen LogP contribution in [0.2, 0.25) is 5.02 Å². The predicted molar refractivity (Wildman–Crippen MR) is 64.0 cm³/mol. The average Bonchev–Trinajstić information content (AvgIpc) is 2.25. The summed E-state index contributed by atoms with van der Waals surface area (Å²) in [7, 11) is 0. The van der Waals surface area contributed by atoms with Gasteiger partial charge in [-0.2, -0.15) is 5.10 Å². The topological polar surface area (TPSA) is 50.7 Å². The Morgan fingerprint density at radius 3 is 3.00 bits per heavy atom. The molecule has 1 aromatic rings. The number of nitrogens with one attached hydrogen (secondary N) is 1. The molecule has 0 bridgehead atoms. The summed E-state index contributed by atoms with van der Waals surface area (Å²) in [6.45, 7) is 3.51. The molecule has 1 amide bonds. The Balaban J connectivity index is 2.51. The molecule has 4 nitrogen and oxygen atoms in total. The van der Waals surface area contributed by atoms with E-state index in [9.17, 15) is 4.79 Å². The van der Waals surface area contributed by atoms with Gasteiger partial charge in [0.1, 0.15) is 5.75 Å². The maximum atomic E-state index is 11.2. The van der Waals surface area contributed by atoms with Gasteiger partial charge < -0.3 is 4.74 Å². The molecule has 0 aliphatic carbocycles. The van der Waals surface area contributed by atoms with Crippen LogP contribution in [0.15, 0.2) is 23.3 Å². The molecule has 0 radical (unpaired) electrons. The van der Waals surface area contributed by atoms with Gasteiger partial charge in [-0.05, 0) is 37.6 Å². The number of nitrogens with zero attached hydrogens (tertiary/aromatic N) is 1. The van der Waals surface area contributed by atoms with Crippen molar-refractivity contribution in [2.75, 3.05) is 6.61 Å². The molecule has 0 aliphatic heterocycles. The lowest BCUT2D eigenvalue weighted by Gasteiger charge is -2.07. The van der Waals surface area contributed by atoms with Crippen molar-refractivity contribution in [3.8, 4) is 5.75 Å². The molecule has 0 unspecified atom stereocenters. The molecule has 1 rings (SSSR count). The van der Waals surface area contributed by atoms with E-state index < -0.39 is 0 Å². The summed E-state index contributed by atoms with van der Waals surface area (Å²) in [5.41, 5.74) is 3.20. The fourth-order valence-electron chi connectivity index (χ4n) is 1.09. The number of hydrogen-bond donors (Lipinski definition) is 1. The molecule has 0 fully saturated rings. The minimum Gasteiger partial charge on any atom is -0.483 e. The second-order valence-electron chi connectivity index (χ2n) is 3.12. The molecule has 0 atom stereocenters. The fourth-order valence-corrected chi connectivity index (χ4v) is 1.31. The summed E-state index contributed by atoms with van der Waals surface area (Å²) < 4.78 is 5.31. The highest BCUT2D eigenvalue weighted by Crippen LogP contribution is 2.21. The van der Waals surface area contributed by atoms with Gasteiger partial charge in [0.15, 0.2) is 6.61 Å². The van der Waals surface area contributed by atoms with E-state index in [0.29, 0.717) is 10.8 Å². The summed E-state index contributed by atoms with van der Waals surface area (Å²) in [6.07, 6.45) is 1.49. The highest BCUT2D eigenvalue weighted by molar-refractivity contribution is 6.30. The molecule has 5 heteroatoms. The summed E-state index contributed by atoms with van der Waals surface area (Å²) in [5, 5.41) is 4.24. The lowest BCUT2D eigenvalue weighted by Crippen LogP contribution is -2.24. The van der Waals surface area contributed by atoms with Gasteiger partial charge in [0, 0.05) is 11.2 Å². The zero-order valence-electron chi connectivity index (χ0n) is 9.16. The van der Waals surface area contributed by atoms with Gasteiger partial charge in [0.2, 0.25) is 0 Å². The number of halogens is 1. The first kappa shape index (κ1) is 12.5. The highest BCUT2D eigenvalue weighted by Gasteiger charge is 2.04. The van der Waals surface area contributed by atoms with Crippen LogP contribution in [-0.2, 0) is 4.79 Å². The second-order valence-corrected chi connectivity index (χ2v) is 3.56. The van der Waals surface area contributed by atoms with Crippen LogP contribution < -0.4 is 10.2 Å².